The molecule has 0 bridgehead atoms. The molecule has 42 heavy (non-hydrogen) atoms. The lowest BCUT2D eigenvalue weighted by atomic mass is 9.95. The molecule has 4 heteroatoms. The van der Waals surface area contributed by atoms with E-state index >= 15 is 0 Å². The fourth-order valence-electron chi connectivity index (χ4n) is 5.71. The number of hydrogen-bond acceptors (Lipinski definition) is 2. The van der Waals surface area contributed by atoms with Crippen LogP contribution in [0.3, 0.4) is 0 Å². The van der Waals surface area contributed by atoms with Crippen LogP contribution >= 0.6 is 0 Å². The van der Waals surface area contributed by atoms with E-state index in [2.05, 4.69) is 58.3 Å². The van der Waals surface area contributed by atoms with Gasteiger partial charge in [-0.05, 0) is 72.8 Å². The fraction of sp³-hybridized carbons (Fsp3) is 0. The van der Waals surface area contributed by atoms with Crippen LogP contribution in [0.2, 0.25) is 0 Å². The van der Waals surface area contributed by atoms with E-state index in [1.165, 1.54) is 24.3 Å². The third-order valence-electron chi connectivity index (χ3n) is 7.52. The minimum absolute atomic E-state index is 0.283. The molecule has 0 aliphatic heterocycles. The molecule has 0 atom stereocenters. The van der Waals surface area contributed by atoms with Crippen molar-refractivity contribution >= 4 is 55.7 Å². The Hall–Kier alpha value is -5.48. The minimum Gasteiger partial charge on any atom is -0.309 e. The van der Waals surface area contributed by atoms with Crippen molar-refractivity contribution in [1.29, 1.82) is 0 Å². The Morgan fingerprint density at radius 3 is 0.857 bits per heavy atom. The molecule has 0 heterocycles. The van der Waals surface area contributed by atoms with Crippen molar-refractivity contribution in [1.82, 2.24) is 0 Å². The number of halogens is 2. The number of fused-ring (bicyclic) bond motifs is 2. The average Bonchev–Trinajstić information content (AvgIpc) is 3.05. The largest absolute Gasteiger partial charge is 0.309 e. The van der Waals surface area contributed by atoms with Gasteiger partial charge in [0.1, 0.15) is 11.6 Å². The highest BCUT2D eigenvalue weighted by molar-refractivity contribution is 6.23. The van der Waals surface area contributed by atoms with Crippen molar-refractivity contribution in [2.24, 2.45) is 0 Å². The highest BCUT2D eigenvalue weighted by Gasteiger charge is 2.25. The summed E-state index contributed by atoms with van der Waals surface area (Å²) >= 11 is 0. The average molecular weight is 549 g/mol. The summed E-state index contributed by atoms with van der Waals surface area (Å²) in [5.74, 6) is -0.566. The number of anilines is 6. The Balaban J connectivity index is 1.61. The number of nitrogens with zero attached hydrogens (tertiary/aromatic N) is 2. The second-order valence-corrected chi connectivity index (χ2v) is 10.1. The van der Waals surface area contributed by atoms with E-state index < -0.39 is 0 Å². The molecule has 0 radical (unpaired) electrons. The van der Waals surface area contributed by atoms with E-state index in [1.54, 1.807) is 0 Å². The summed E-state index contributed by atoms with van der Waals surface area (Å²) in [6.07, 6.45) is 0. The van der Waals surface area contributed by atoms with E-state index in [9.17, 15) is 8.78 Å². The molecule has 7 rings (SSSR count). The quantitative estimate of drug-likeness (QED) is 0.151. The van der Waals surface area contributed by atoms with Gasteiger partial charge in [-0.1, -0.05) is 84.9 Å². The normalized spacial score (nSPS) is 11.1. The van der Waals surface area contributed by atoms with Gasteiger partial charge in [0.2, 0.25) is 0 Å². The molecule has 0 saturated heterocycles. The van der Waals surface area contributed by atoms with Crippen LogP contribution in [0.15, 0.2) is 158 Å². The van der Waals surface area contributed by atoms with Crippen molar-refractivity contribution in [3.8, 4) is 0 Å². The molecule has 7 aromatic carbocycles. The Morgan fingerprint density at radius 2 is 0.548 bits per heavy atom. The van der Waals surface area contributed by atoms with Gasteiger partial charge >= 0.3 is 0 Å². The first-order chi connectivity index (χ1) is 20.7. The van der Waals surface area contributed by atoms with Gasteiger partial charge in [0.05, 0.1) is 11.4 Å². The first-order valence-corrected chi connectivity index (χ1v) is 13.8. The van der Waals surface area contributed by atoms with Gasteiger partial charge in [0, 0.05) is 44.3 Å². The van der Waals surface area contributed by atoms with Crippen LogP contribution in [0.5, 0.6) is 0 Å². The summed E-state index contributed by atoms with van der Waals surface area (Å²) < 4.78 is 28.2. The van der Waals surface area contributed by atoms with Crippen LogP contribution in [-0.2, 0) is 0 Å². The molecule has 0 amide bonds. The summed E-state index contributed by atoms with van der Waals surface area (Å²) in [6, 6.07) is 50.2. The molecular formula is C38H26F2N2. The van der Waals surface area contributed by atoms with E-state index in [-0.39, 0.29) is 11.6 Å². The molecule has 0 spiro atoms. The van der Waals surface area contributed by atoms with Gasteiger partial charge in [-0.15, -0.1) is 0 Å². The van der Waals surface area contributed by atoms with Crippen LogP contribution in [0.1, 0.15) is 0 Å². The SMILES string of the molecule is Fc1ccc(N(c2ccccc2)c2c3ccccc3c(N(c3ccccc3)c3ccc(F)cc3)c3ccccc23)cc1. The number of hydrogen-bond donors (Lipinski definition) is 0. The minimum atomic E-state index is -0.283. The summed E-state index contributed by atoms with van der Waals surface area (Å²) in [5.41, 5.74) is 5.62. The summed E-state index contributed by atoms with van der Waals surface area (Å²) in [6.45, 7) is 0. The Bertz CT molecular complexity index is 1780. The summed E-state index contributed by atoms with van der Waals surface area (Å²) in [7, 11) is 0. The molecule has 2 nitrogen and oxygen atoms in total. The third kappa shape index (κ3) is 4.53. The van der Waals surface area contributed by atoms with Crippen molar-refractivity contribution in [2.75, 3.05) is 9.80 Å². The third-order valence-corrected chi connectivity index (χ3v) is 7.52. The van der Waals surface area contributed by atoms with Gasteiger partial charge in [-0.25, -0.2) is 8.78 Å². The first kappa shape index (κ1) is 25.5. The number of rotatable bonds is 6. The highest BCUT2D eigenvalue weighted by Crippen LogP contribution is 2.50. The molecule has 0 aliphatic carbocycles. The summed E-state index contributed by atoms with van der Waals surface area (Å²) in [4.78, 5) is 4.39. The zero-order valence-electron chi connectivity index (χ0n) is 22.7. The van der Waals surface area contributed by atoms with Gasteiger partial charge < -0.3 is 9.80 Å². The maximum atomic E-state index is 14.1. The molecule has 0 saturated carbocycles. The Morgan fingerprint density at radius 1 is 0.286 bits per heavy atom. The van der Waals surface area contributed by atoms with E-state index in [0.717, 1.165) is 55.7 Å². The van der Waals surface area contributed by atoms with Crippen molar-refractivity contribution < 1.29 is 8.78 Å². The topological polar surface area (TPSA) is 6.48 Å². The monoisotopic (exact) mass is 548 g/mol. The molecule has 0 unspecified atom stereocenters. The Labute approximate surface area is 243 Å². The number of para-hydroxylation sites is 2. The van der Waals surface area contributed by atoms with Gasteiger partial charge in [0.25, 0.3) is 0 Å². The predicted octanol–water partition coefficient (Wildman–Crippen LogP) is 11.2. The lowest BCUT2D eigenvalue weighted by Gasteiger charge is -2.32. The molecule has 0 aromatic heterocycles. The summed E-state index contributed by atoms with van der Waals surface area (Å²) in [5, 5.41) is 4.12. The standard InChI is InChI=1S/C38H26F2N2/c39-27-19-23-31(24-20-27)41(29-11-3-1-4-12-29)37-33-15-7-9-17-35(33)38(36-18-10-8-16-34(36)37)42(30-13-5-2-6-14-30)32-25-21-28(40)22-26-32/h1-26H. The van der Waals surface area contributed by atoms with E-state index in [4.69, 9.17) is 0 Å². The molecule has 0 aliphatic rings. The van der Waals surface area contributed by atoms with Crippen LogP contribution in [0.25, 0.3) is 21.5 Å². The van der Waals surface area contributed by atoms with Crippen LogP contribution in [-0.4, -0.2) is 0 Å². The smallest absolute Gasteiger partial charge is 0.123 e. The number of benzene rings is 7. The van der Waals surface area contributed by atoms with Gasteiger partial charge in [-0.3, -0.25) is 0 Å². The molecular weight excluding hydrogens is 522 g/mol. The highest BCUT2D eigenvalue weighted by atomic mass is 19.1. The van der Waals surface area contributed by atoms with Crippen molar-refractivity contribution in [3.05, 3.63) is 169 Å². The maximum absolute atomic E-state index is 14.1. The van der Waals surface area contributed by atoms with Crippen LogP contribution in [0.4, 0.5) is 42.9 Å². The van der Waals surface area contributed by atoms with Gasteiger partial charge in [-0.2, -0.15) is 0 Å². The zero-order valence-corrected chi connectivity index (χ0v) is 22.7. The second kappa shape index (κ2) is 10.8. The van der Waals surface area contributed by atoms with Crippen LogP contribution < -0.4 is 9.80 Å². The van der Waals surface area contributed by atoms with Crippen molar-refractivity contribution in [3.63, 3.8) is 0 Å². The van der Waals surface area contributed by atoms with E-state index in [0.29, 0.717) is 0 Å². The van der Waals surface area contributed by atoms with Crippen LogP contribution in [0, 0.1) is 11.6 Å². The molecule has 0 fully saturated rings. The maximum Gasteiger partial charge on any atom is 0.123 e. The van der Waals surface area contributed by atoms with Crippen molar-refractivity contribution in [2.45, 2.75) is 0 Å². The second-order valence-electron chi connectivity index (χ2n) is 10.1. The predicted molar refractivity (Wildman–Crippen MR) is 171 cm³/mol. The molecule has 7 aromatic rings. The lowest BCUT2D eigenvalue weighted by Crippen LogP contribution is -2.14. The molecule has 0 N–H and O–H groups in total. The van der Waals surface area contributed by atoms with Gasteiger partial charge in [0.15, 0.2) is 0 Å². The Kier molecular flexibility index (Phi) is 6.57. The zero-order chi connectivity index (χ0) is 28.5. The van der Waals surface area contributed by atoms with E-state index in [1.807, 2.05) is 84.9 Å². The molecule has 202 valence electrons. The first-order valence-electron chi connectivity index (χ1n) is 13.8. The lowest BCUT2D eigenvalue weighted by molar-refractivity contribution is 0.627. The fourth-order valence-corrected chi connectivity index (χ4v) is 5.71.